The number of hydrogen-bond donors (Lipinski definition) is 1. The molecule has 112 valence electrons. The second-order valence-corrected chi connectivity index (χ2v) is 5.50. The zero-order valence-corrected chi connectivity index (χ0v) is 13.1. The lowest BCUT2D eigenvalue weighted by Crippen LogP contribution is -2.47. The average molecular weight is 269 g/mol. The van der Waals surface area contributed by atoms with Crippen LogP contribution in [0.2, 0.25) is 0 Å². The van der Waals surface area contributed by atoms with E-state index < -0.39 is 0 Å². The molecule has 1 N–H and O–H groups in total. The van der Waals surface area contributed by atoms with Gasteiger partial charge in [-0.15, -0.1) is 0 Å². The van der Waals surface area contributed by atoms with Gasteiger partial charge in [-0.25, -0.2) is 0 Å². The standard InChI is InChI=1S/C15H31N3O/c1-5-16-13(4)12-15(19)18-10-8-14(9-11-18)17(6-2)7-3/h13-14,16H,5-12H2,1-4H3. The molecule has 1 saturated heterocycles. The summed E-state index contributed by atoms with van der Waals surface area (Å²) in [6.45, 7) is 13.6. The number of nitrogens with one attached hydrogen (secondary N) is 1. The van der Waals surface area contributed by atoms with Crippen LogP contribution >= 0.6 is 0 Å². The lowest BCUT2D eigenvalue weighted by molar-refractivity contribution is -0.133. The molecule has 1 fully saturated rings. The molecule has 4 nitrogen and oxygen atoms in total. The quantitative estimate of drug-likeness (QED) is 0.764. The van der Waals surface area contributed by atoms with Crippen LogP contribution in [0.1, 0.15) is 47.0 Å². The Bertz CT molecular complexity index is 258. The Morgan fingerprint density at radius 3 is 2.32 bits per heavy atom. The van der Waals surface area contributed by atoms with Crippen LogP contribution in [0.5, 0.6) is 0 Å². The monoisotopic (exact) mass is 269 g/mol. The van der Waals surface area contributed by atoms with Crippen molar-refractivity contribution in [2.45, 2.75) is 59.0 Å². The van der Waals surface area contributed by atoms with Crippen LogP contribution in [-0.2, 0) is 4.79 Å². The third-order valence-corrected chi connectivity index (χ3v) is 4.18. The van der Waals surface area contributed by atoms with Gasteiger partial charge in [-0.2, -0.15) is 0 Å². The van der Waals surface area contributed by atoms with Crippen molar-refractivity contribution in [3.05, 3.63) is 0 Å². The molecule has 0 spiro atoms. The summed E-state index contributed by atoms with van der Waals surface area (Å²) >= 11 is 0. The lowest BCUT2D eigenvalue weighted by Gasteiger charge is -2.38. The molecule has 4 heteroatoms. The van der Waals surface area contributed by atoms with E-state index in [1.165, 1.54) is 0 Å². The number of likely N-dealkylation sites (tertiary alicyclic amines) is 1. The van der Waals surface area contributed by atoms with Crippen LogP contribution in [0, 0.1) is 0 Å². The fourth-order valence-electron chi connectivity index (χ4n) is 3.03. The van der Waals surface area contributed by atoms with Gasteiger partial charge in [0, 0.05) is 31.6 Å². The fraction of sp³-hybridized carbons (Fsp3) is 0.933. The molecule has 0 saturated carbocycles. The lowest BCUT2D eigenvalue weighted by atomic mass is 10.0. The molecule has 1 heterocycles. The molecule has 1 unspecified atom stereocenters. The van der Waals surface area contributed by atoms with Crippen molar-refractivity contribution < 1.29 is 4.79 Å². The van der Waals surface area contributed by atoms with Gasteiger partial charge >= 0.3 is 0 Å². The Morgan fingerprint density at radius 1 is 1.26 bits per heavy atom. The maximum atomic E-state index is 12.2. The molecular weight excluding hydrogens is 238 g/mol. The molecule has 0 aliphatic carbocycles. The Labute approximate surface area is 118 Å². The van der Waals surface area contributed by atoms with Crippen molar-refractivity contribution in [2.24, 2.45) is 0 Å². The van der Waals surface area contributed by atoms with E-state index in [0.717, 1.165) is 45.6 Å². The Hall–Kier alpha value is -0.610. The molecule has 0 aromatic carbocycles. The number of piperidine rings is 1. The van der Waals surface area contributed by atoms with Crippen molar-refractivity contribution in [1.82, 2.24) is 15.1 Å². The molecular formula is C15H31N3O. The van der Waals surface area contributed by atoms with E-state index in [2.05, 4.69) is 37.9 Å². The summed E-state index contributed by atoms with van der Waals surface area (Å²) in [6, 6.07) is 0.961. The van der Waals surface area contributed by atoms with Crippen molar-refractivity contribution >= 4 is 5.91 Å². The number of rotatable bonds is 7. The molecule has 1 amide bonds. The number of amides is 1. The summed E-state index contributed by atoms with van der Waals surface area (Å²) in [5.74, 6) is 0.312. The first-order valence-corrected chi connectivity index (χ1v) is 7.87. The maximum Gasteiger partial charge on any atom is 0.224 e. The first kappa shape index (κ1) is 16.4. The van der Waals surface area contributed by atoms with Gasteiger partial charge in [0.05, 0.1) is 0 Å². The molecule has 0 radical (unpaired) electrons. The highest BCUT2D eigenvalue weighted by Gasteiger charge is 2.25. The van der Waals surface area contributed by atoms with Crippen LogP contribution < -0.4 is 5.32 Å². The van der Waals surface area contributed by atoms with Crippen LogP contribution in [-0.4, -0.2) is 60.5 Å². The van der Waals surface area contributed by atoms with E-state index in [0.29, 0.717) is 18.4 Å². The highest BCUT2D eigenvalue weighted by Crippen LogP contribution is 2.17. The van der Waals surface area contributed by atoms with Gasteiger partial charge in [-0.1, -0.05) is 20.8 Å². The summed E-state index contributed by atoms with van der Waals surface area (Å²) in [4.78, 5) is 16.7. The Morgan fingerprint density at radius 2 is 1.84 bits per heavy atom. The van der Waals surface area contributed by atoms with Crippen molar-refractivity contribution in [3.63, 3.8) is 0 Å². The summed E-state index contributed by atoms with van der Waals surface area (Å²) in [6.07, 6.45) is 2.88. The molecule has 19 heavy (non-hydrogen) atoms. The smallest absolute Gasteiger partial charge is 0.224 e. The van der Waals surface area contributed by atoms with Crippen LogP contribution in [0.3, 0.4) is 0 Å². The second kappa shape index (κ2) is 8.54. The highest BCUT2D eigenvalue weighted by atomic mass is 16.2. The number of nitrogens with zero attached hydrogens (tertiary/aromatic N) is 2. The van der Waals surface area contributed by atoms with Crippen molar-refractivity contribution in [1.29, 1.82) is 0 Å². The molecule has 0 aromatic heterocycles. The highest BCUT2D eigenvalue weighted by molar-refractivity contribution is 5.76. The number of carbonyl (C=O) groups is 1. The van der Waals surface area contributed by atoms with Crippen LogP contribution in [0.25, 0.3) is 0 Å². The molecule has 0 aromatic rings. The van der Waals surface area contributed by atoms with E-state index >= 15 is 0 Å². The van der Waals surface area contributed by atoms with Crippen molar-refractivity contribution in [2.75, 3.05) is 32.7 Å². The Kier molecular flexibility index (Phi) is 7.39. The largest absolute Gasteiger partial charge is 0.343 e. The SMILES string of the molecule is CCNC(C)CC(=O)N1CCC(N(CC)CC)CC1. The Balaban J connectivity index is 2.34. The fourth-order valence-corrected chi connectivity index (χ4v) is 3.03. The van der Waals surface area contributed by atoms with Gasteiger partial charge < -0.3 is 15.1 Å². The van der Waals surface area contributed by atoms with Gasteiger partial charge in [0.2, 0.25) is 5.91 Å². The van der Waals surface area contributed by atoms with Gasteiger partial charge in [0.1, 0.15) is 0 Å². The topological polar surface area (TPSA) is 35.6 Å². The van der Waals surface area contributed by atoms with Gasteiger partial charge in [0.25, 0.3) is 0 Å². The van der Waals surface area contributed by atoms with Crippen LogP contribution in [0.15, 0.2) is 0 Å². The van der Waals surface area contributed by atoms with Gasteiger partial charge in [0.15, 0.2) is 0 Å². The number of hydrogen-bond acceptors (Lipinski definition) is 3. The second-order valence-electron chi connectivity index (χ2n) is 5.50. The summed E-state index contributed by atoms with van der Waals surface area (Å²) in [5.41, 5.74) is 0. The minimum atomic E-state index is 0.290. The molecule has 1 rings (SSSR count). The normalized spacial score (nSPS) is 18.9. The van der Waals surface area contributed by atoms with E-state index in [1.54, 1.807) is 0 Å². The average Bonchev–Trinajstić information content (AvgIpc) is 2.41. The van der Waals surface area contributed by atoms with Gasteiger partial charge in [-0.3, -0.25) is 4.79 Å². The zero-order valence-electron chi connectivity index (χ0n) is 13.1. The predicted molar refractivity (Wildman–Crippen MR) is 80.3 cm³/mol. The molecule has 0 bridgehead atoms. The maximum absolute atomic E-state index is 12.2. The minimum absolute atomic E-state index is 0.290. The molecule has 1 atom stereocenters. The van der Waals surface area contributed by atoms with Crippen LogP contribution in [0.4, 0.5) is 0 Å². The molecule has 1 aliphatic heterocycles. The van der Waals surface area contributed by atoms with E-state index in [9.17, 15) is 4.79 Å². The van der Waals surface area contributed by atoms with E-state index in [4.69, 9.17) is 0 Å². The van der Waals surface area contributed by atoms with E-state index in [1.807, 2.05) is 4.90 Å². The third-order valence-electron chi connectivity index (χ3n) is 4.18. The molecule has 1 aliphatic rings. The van der Waals surface area contributed by atoms with Gasteiger partial charge in [-0.05, 0) is 39.4 Å². The summed E-state index contributed by atoms with van der Waals surface area (Å²) in [5, 5.41) is 3.31. The number of carbonyl (C=O) groups excluding carboxylic acids is 1. The van der Waals surface area contributed by atoms with E-state index in [-0.39, 0.29) is 6.04 Å². The van der Waals surface area contributed by atoms with Crippen molar-refractivity contribution in [3.8, 4) is 0 Å². The minimum Gasteiger partial charge on any atom is -0.343 e. The zero-order chi connectivity index (χ0) is 14.3. The third kappa shape index (κ3) is 5.11. The summed E-state index contributed by atoms with van der Waals surface area (Å²) in [7, 11) is 0. The predicted octanol–water partition coefficient (Wildman–Crippen LogP) is 1.71. The summed E-state index contributed by atoms with van der Waals surface area (Å²) < 4.78 is 0. The first-order chi connectivity index (χ1) is 9.12. The first-order valence-electron chi connectivity index (χ1n) is 7.87.